The van der Waals surface area contributed by atoms with Crippen LogP contribution < -0.4 is 15.5 Å². The third-order valence-corrected chi connectivity index (χ3v) is 5.16. The van der Waals surface area contributed by atoms with Gasteiger partial charge in [0.2, 0.25) is 5.91 Å². The Labute approximate surface area is 162 Å². The summed E-state index contributed by atoms with van der Waals surface area (Å²) in [4.78, 5) is 26.3. The third-order valence-electron chi connectivity index (χ3n) is 5.16. The van der Waals surface area contributed by atoms with Gasteiger partial charge in [-0.15, -0.1) is 0 Å². The SMILES string of the molecule is CC1COCCN1c1ccc(NC(=O)c2cc3c(cc2F)NC(=O)CC3)cc1. The highest BCUT2D eigenvalue weighted by atomic mass is 19.1. The second-order valence-electron chi connectivity index (χ2n) is 7.16. The van der Waals surface area contributed by atoms with Gasteiger partial charge in [-0.2, -0.15) is 0 Å². The van der Waals surface area contributed by atoms with Gasteiger partial charge < -0.3 is 20.3 Å². The van der Waals surface area contributed by atoms with Crippen molar-refractivity contribution in [2.24, 2.45) is 0 Å². The van der Waals surface area contributed by atoms with Crippen molar-refractivity contribution in [2.75, 3.05) is 35.3 Å². The van der Waals surface area contributed by atoms with Gasteiger partial charge >= 0.3 is 0 Å². The van der Waals surface area contributed by atoms with Crippen LogP contribution in [0.3, 0.4) is 0 Å². The lowest BCUT2D eigenvalue weighted by atomic mass is 9.99. The number of anilines is 3. The van der Waals surface area contributed by atoms with Crippen molar-refractivity contribution in [3.05, 3.63) is 53.3 Å². The van der Waals surface area contributed by atoms with E-state index in [4.69, 9.17) is 4.74 Å². The Morgan fingerprint density at radius 1 is 1.25 bits per heavy atom. The van der Waals surface area contributed by atoms with Gasteiger partial charge in [0, 0.05) is 36.1 Å². The van der Waals surface area contributed by atoms with Gasteiger partial charge in [0.05, 0.1) is 18.8 Å². The number of aryl methyl sites for hydroxylation is 1. The Morgan fingerprint density at radius 3 is 2.79 bits per heavy atom. The van der Waals surface area contributed by atoms with Crippen LogP contribution in [0.25, 0.3) is 0 Å². The zero-order chi connectivity index (χ0) is 19.7. The number of benzene rings is 2. The van der Waals surface area contributed by atoms with E-state index < -0.39 is 11.7 Å². The van der Waals surface area contributed by atoms with Crippen LogP contribution in [0, 0.1) is 5.82 Å². The van der Waals surface area contributed by atoms with Gasteiger partial charge in [-0.3, -0.25) is 9.59 Å². The summed E-state index contributed by atoms with van der Waals surface area (Å²) in [6.07, 6.45) is 0.829. The Balaban J connectivity index is 1.48. The first kappa shape index (κ1) is 18.4. The highest BCUT2D eigenvalue weighted by Crippen LogP contribution is 2.27. The molecule has 2 N–H and O–H groups in total. The Morgan fingerprint density at radius 2 is 2.04 bits per heavy atom. The van der Waals surface area contributed by atoms with Crippen LogP contribution in [0.1, 0.15) is 29.3 Å². The summed E-state index contributed by atoms with van der Waals surface area (Å²) in [6.45, 7) is 4.32. The number of morpholine rings is 1. The number of rotatable bonds is 3. The maximum atomic E-state index is 14.4. The number of carbonyl (C=O) groups excluding carboxylic acids is 2. The predicted molar refractivity (Wildman–Crippen MR) is 105 cm³/mol. The van der Waals surface area contributed by atoms with E-state index in [1.54, 1.807) is 0 Å². The van der Waals surface area contributed by atoms with Crippen molar-refractivity contribution in [1.82, 2.24) is 0 Å². The molecule has 2 aromatic rings. The van der Waals surface area contributed by atoms with Crippen LogP contribution in [0.15, 0.2) is 36.4 Å². The van der Waals surface area contributed by atoms with Crippen molar-refractivity contribution in [1.29, 1.82) is 0 Å². The molecule has 0 bridgehead atoms. The molecule has 1 unspecified atom stereocenters. The van der Waals surface area contributed by atoms with E-state index in [9.17, 15) is 14.0 Å². The van der Waals surface area contributed by atoms with Crippen LogP contribution >= 0.6 is 0 Å². The first-order valence-corrected chi connectivity index (χ1v) is 9.39. The van der Waals surface area contributed by atoms with Crippen molar-refractivity contribution in [2.45, 2.75) is 25.8 Å². The summed E-state index contributed by atoms with van der Waals surface area (Å²) in [5.41, 5.74) is 2.84. The molecular formula is C21H22FN3O3. The molecule has 28 heavy (non-hydrogen) atoms. The van der Waals surface area contributed by atoms with E-state index >= 15 is 0 Å². The number of nitrogens with one attached hydrogen (secondary N) is 2. The quantitative estimate of drug-likeness (QED) is 0.854. The minimum Gasteiger partial charge on any atom is -0.377 e. The van der Waals surface area contributed by atoms with Crippen molar-refractivity contribution in [3.63, 3.8) is 0 Å². The van der Waals surface area contributed by atoms with E-state index in [-0.39, 0.29) is 11.5 Å². The number of nitrogens with zero attached hydrogens (tertiary/aromatic N) is 1. The summed E-state index contributed by atoms with van der Waals surface area (Å²) in [7, 11) is 0. The Hall–Kier alpha value is -2.93. The lowest BCUT2D eigenvalue weighted by Crippen LogP contribution is -2.43. The molecule has 1 atom stereocenters. The maximum absolute atomic E-state index is 14.4. The fourth-order valence-corrected chi connectivity index (χ4v) is 3.62. The molecule has 2 amide bonds. The largest absolute Gasteiger partial charge is 0.377 e. The summed E-state index contributed by atoms with van der Waals surface area (Å²) in [5, 5.41) is 5.38. The van der Waals surface area contributed by atoms with E-state index in [1.165, 1.54) is 12.1 Å². The molecule has 0 aliphatic carbocycles. The number of carbonyl (C=O) groups is 2. The molecule has 2 heterocycles. The standard InChI is InChI=1S/C21H22FN3O3/c1-13-12-28-9-8-25(13)16-5-3-15(4-6-16)23-21(27)17-10-14-2-7-20(26)24-19(14)11-18(17)22/h3-6,10-11,13H,2,7-9,12H2,1H3,(H,23,27)(H,24,26). The van der Waals surface area contributed by atoms with Crippen molar-refractivity contribution in [3.8, 4) is 0 Å². The fraction of sp³-hybridized carbons (Fsp3) is 0.333. The molecule has 146 valence electrons. The van der Waals surface area contributed by atoms with E-state index in [0.29, 0.717) is 43.5 Å². The number of amides is 2. The van der Waals surface area contributed by atoms with Crippen molar-refractivity contribution >= 4 is 28.9 Å². The number of fused-ring (bicyclic) bond motifs is 1. The van der Waals surface area contributed by atoms with Gasteiger partial charge in [-0.25, -0.2) is 4.39 Å². The van der Waals surface area contributed by atoms with Crippen LogP contribution in [0.5, 0.6) is 0 Å². The molecule has 1 fully saturated rings. The Bertz CT molecular complexity index is 914. The topological polar surface area (TPSA) is 70.7 Å². The first-order valence-electron chi connectivity index (χ1n) is 9.39. The zero-order valence-electron chi connectivity index (χ0n) is 15.6. The second kappa shape index (κ2) is 7.59. The highest BCUT2D eigenvalue weighted by molar-refractivity contribution is 6.05. The molecule has 7 heteroatoms. The lowest BCUT2D eigenvalue weighted by molar-refractivity contribution is -0.116. The second-order valence-corrected chi connectivity index (χ2v) is 7.16. The van der Waals surface area contributed by atoms with Crippen LogP contribution in [0.4, 0.5) is 21.5 Å². The molecule has 2 aliphatic heterocycles. The zero-order valence-corrected chi connectivity index (χ0v) is 15.6. The smallest absolute Gasteiger partial charge is 0.258 e. The molecule has 0 spiro atoms. The van der Waals surface area contributed by atoms with Gasteiger partial charge in [0.1, 0.15) is 5.82 Å². The molecule has 1 saturated heterocycles. The number of halogens is 1. The summed E-state index contributed by atoms with van der Waals surface area (Å²) < 4.78 is 19.8. The Kier molecular flexibility index (Phi) is 5.00. The normalized spacial score (nSPS) is 19.0. The summed E-state index contributed by atoms with van der Waals surface area (Å²) in [6, 6.07) is 10.5. The van der Waals surface area contributed by atoms with Gasteiger partial charge in [0.15, 0.2) is 0 Å². The average molecular weight is 383 g/mol. The van der Waals surface area contributed by atoms with E-state index in [0.717, 1.165) is 17.8 Å². The molecule has 2 aliphatic rings. The minimum absolute atomic E-state index is 0.0271. The molecule has 0 aromatic heterocycles. The number of hydrogen-bond acceptors (Lipinski definition) is 4. The van der Waals surface area contributed by atoms with Gasteiger partial charge in [0.25, 0.3) is 5.91 Å². The maximum Gasteiger partial charge on any atom is 0.258 e. The molecular weight excluding hydrogens is 361 g/mol. The molecule has 2 aromatic carbocycles. The lowest BCUT2D eigenvalue weighted by Gasteiger charge is -2.35. The van der Waals surface area contributed by atoms with E-state index in [1.807, 2.05) is 24.3 Å². The van der Waals surface area contributed by atoms with Crippen LogP contribution in [-0.2, 0) is 16.0 Å². The first-order chi connectivity index (χ1) is 13.5. The fourth-order valence-electron chi connectivity index (χ4n) is 3.62. The molecule has 6 nitrogen and oxygen atoms in total. The third kappa shape index (κ3) is 3.71. The van der Waals surface area contributed by atoms with Crippen molar-refractivity contribution < 1.29 is 18.7 Å². The van der Waals surface area contributed by atoms with E-state index in [2.05, 4.69) is 22.5 Å². The van der Waals surface area contributed by atoms with Crippen LogP contribution in [0.2, 0.25) is 0 Å². The minimum atomic E-state index is -0.655. The average Bonchev–Trinajstić information content (AvgIpc) is 2.68. The molecule has 4 rings (SSSR count). The number of hydrogen-bond donors (Lipinski definition) is 2. The monoisotopic (exact) mass is 383 g/mol. The summed E-state index contributed by atoms with van der Waals surface area (Å²) >= 11 is 0. The highest BCUT2D eigenvalue weighted by Gasteiger charge is 2.21. The number of ether oxygens (including phenoxy) is 1. The molecule has 0 saturated carbocycles. The molecule has 0 radical (unpaired) electrons. The predicted octanol–water partition coefficient (Wildman–Crippen LogP) is 3.19. The van der Waals surface area contributed by atoms with Gasteiger partial charge in [-0.1, -0.05) is 0 Å². The van der Waals surface area contributed by atoms with Crippen LogP contribution in [-0.4, -0.2) is 37.6 Å². The summed E-state index contributed by atoms with van der Waals surface area (Å²) in [5.74, 6) is -1.30. The van der Waals surface area contributed by atoms with Gasteiger partial charge in [-0.05, 0) is 55.3 Å².